The zero-order valence-electron chi connectivity index (χ0n) is 10.8. The van der Waals surface area contributed by atoms with Crippen LogP contribution in [0.25, 0.3) is 10.6 Å². The Morgan fingerprint density at radius 2 is 2.32 bits per heavy atom. The summed E-state index contributed by atoms with van der Waals surface area (Å²) in [7, 11) is 1.69. The summed E-state index contributed by atoms with van der Waals surface area (Å²) in [6, 6.07) is 3.77. The SMILES string of the molecule is CCC(OC)c1nc(-c2ccc(CC(=O)O)s2)cs1. The molecule has 19 heavy (non-hydrogen) atoms. The van der Waals surface area contributed by atoms with E-state index in [2.05, 4.69) is 11.9 Å². The molecule has 4 nitrogen and oxygen atoms in total. The number of aliphatic carboxylic acids is 1. The van der Waals surface area contributed by atoms with Crippen LogP contribution in [-0.4, -0.2) is 23.2 Å². The van der Waals surface area contributed by atoms with E-state index >= 15 is 0 Å². The van der Waals surface area contributed by atoms with E-state index < -0.39 is 5.97 Å². The molecule has 0 bridgehead atoms. The van der Waals surface area contributed by atoms with E-state index in [9.17, 15) is 4.79 Å². The normalized spacial score (nSPS) is 12.5. The smallest absolute Gasteiger partial charge is 0.308 e. The Hall–Kier alpha value is -1.24. The standard InChI is InChI=1S/C13H15NO3S2/c1-3-10(17-2)13-14-9(7-18-13)11-5-4-8(19-11)6-12(15)16/h4-5,7,10H,3,6H2,1-2H3,(H,15,16). The molecule has 0 aliphatic rings. The quantitative estimate of drug-likeness (QED) is 0.885. The lowest BCUT2D eigenvalue weighted by atomic mass is 10.3. The van der Waals surface area contributed by atoms with E-state index in [4.69, 9.17) is 9.84 Å². The number of carboxylic acids is 1. The average molecular weight is 297 g/mol. The molecule has 102 valence electrons. The first-order valence-corrected chi connectivity index (χ1v) is 7.62. The zero-order valence-corrected chi connectivity index (χ0v) is 12.4. The van der Waals surface area contributed by atoms with Crippen molar-refractivity contribution in [3.05, 3.63) is 27.4 Å². The van der Waals surface area contributed by atoms with Gasteiger partial charge in [-0.3, -0.25) is 4.79 Å². The Morgan fingerprint density at radius 3 is 2.95 bits per heavy atom. The van der Waals surface area contributed by atoms with Crippen LogP contribution in [0.1, 0.15) is 29.3 Å². The minimum atomic E-state index is -0.808. The molecule has 0 saturated carbocycles. The zero-order chi connectivity index (χ0) is 13.8. The molecule has 0 spiro atoms. The first-order chi connectivity index (χ1) is 9.13. The third-order valence-electron chi connectivity index (χ3n) is 2.69. The third kappa shape index (κ3) is 3.40. The number of methoxy groups -OCH3 is 1. The number of aromatic nitrogens is 1. The maximum atomic E-state index is 10.7. The van der Waals surface area contributed by atoms with E-state index in [-0.39, 0.29) is 12.5 Å². The van der Waals surface area contributed by atoms with Crippen molar-refractivity contribution in [2.75, 3.05) is 7.11 Å². The number of thiazole rings is 1. The Labute approximate surface area is 119 Å². The van der Waals surface area contributed by atoms with Crippen LogP contribution in [0.15, 0.2) is 17.5 Å². The summed E-state index contributed by atoms with van der Waals surface area (Å²) >= 11 is 3.06. The first kappa shape index (κ1) is 14.2. The van der Waals surface area contributed by atoms with Gasteiger partial charge in [0.15, 0.2) is 0 Å². The molecule has 0 fully saturated rings. The van der Waals surface area contributed by atoms with Gasteiger partial charge in [0.1, 0.15) is 11.1 Å². The highest BCUT2D eigenvalue weighted by Gasteiger charge is 2.14. The fraction of sp³-hybridized carbons (Fsp3) is 0.385. The summed E-state index contributed by atoms with van der Waals surface area (Å²) in [5.74, 6) is -0.808. The highest BCUT2D eigenvalue weighted by atomic mass is 32.1. The largest absolute Gasteiger partial charge is 0.481 e. The molecule has 2 rings (SSSR count). The van der Waals surface area contributed by atoms with E-state index in [0.717, 1.165) is 26.9 Å². The van der Waals surface area contributed by atoms with E-state index in [0.29, 0.717) is 0 Å². The van der Waals surface area contributed by atoms with Crippen LogP contribution in [0.5, 0.6) is 0 Å². The van der Waals surface area contributed by atoms with Crippen molar-refractivity contribution in [3.8, 4) is 10.6 Å². The van der Waals surface area contributed by atoms with Gasteiger partial charge in [0.05, 0.1) is 17.0 Å². The van der Waals surface area contributed by atoms with Gasteiger partial charge < -0.3 is 9.84 Å². The molecule has 2 heterocycles. The van der Waals surface area contributed by atoms with Crippen LogP contribution in [0.2, 0.25) is 0 Å². The van der Waals surface area contributed by atoms with Gasteiger partial charge in [-0.05, 0) is 18.6 Å². The predicted octanol–water partition coefficient (Wildman–Crippen LogP) is 3.60. The number of ether oxygens (including phenoxy) is 1. The first-order valence-electron chi connectivity index (χ1n) is 5.93. The summed E-state index contributed by atoms with van der Waals surface area (Å²) < 4.78 is 5.37. The van der Waals surface area contributed by atoms with Crippen molar-refractivity contribution >= 4 is 28.6 Å². The van der Waals surface area contributed by atoms with Gasteiger partial charge in [-0.15, -0.1) is 22.7 Å². The molecule has 2 aromatic rings. The lowest BCUT2D eigenvalue weighted by Crippen LogP contribution is -1.98. The molecule has 1 N–H and O–H groups in total. The highest BCUT2D eigenvalue weighted by Crippen LogP contribution is 2.32. The molecule has 6 heteroatoms. The highest BCUT2D eigenvalue weighted by molar-refractivity contribution is 7.16. The minimum Gasteiger partial charge on any atom is -0.481 e. The number of rotatable bonds is 6. The Morgan fingerprint density at radius 1 is 1.53 bits per heavy atom. The Bertz CT molecular complexity index is 558. The lowest BCUT2D eigenvalue weighted by molar-refractivity contribution is -0.136. The average Bonchev–Trinajstić information content (AvgIpc) is 2.99. The second-order valence-corrected chi connectivity index (χ2v) is 6.10. The van der Waals surface area contributed by atoms with Gasteiger partial charge in [0, 0.05) is 17.4 Å². The maximum absolute atomic E-state index is 10.7. The number of nitrogens with zero attached hydrogens (tertiary/aromatic N) is 1. The van der Waals surface area contributed by atoms with Crippen molar-refractivity contribution in [2.24, 2.45) is 0 Å². The van der Waals surface area contributed by atoms with Gasteiger partial charge >= 0.3 is 5.97 Å². The van der Waals surface area contributed by atoms with Crippen molar-refractivity contribution in [1.29, 1.82) is 0 Å². The van der Waals surface area contributed by atoms with Crippen molar-refractivity contribution in [1.82, 2.24) is 4.98 Å². The summed E-state index contributed by atoms with van der Waals surface area (Å²) in [6.45, 7) is 2.06. The molecule has 1 atom stereocenters. The molecule has 0 aliphatic heterocycles. The molecule has 0 radical (unpaired) electrons. The molecule has 0 amide bonds. The Kier molecular flexibility index (Phi) is 4.68. The second kappa shape index (κ2) is 6.27. The summed E-state index contributed by atoms with van der Waals surface area (Å²) in [6.07, 6.45) is 0.993. The van der Waals surface area contributed by atoms with Crippen LogP contribution >= 0.6 is 22.7 Å². The number of thiophene rings is 1. The van der Waals surface area contributed by atoms with Crippen molar-refractivity contribution < 1.29 is 14.6 Å². The van der Waals surface area contributed by atoms with Gasteiger partial charge in [-0.25, -0.2) is 4.98 Å². The molecule has 2 aromatic heterocycles. The lowest BCUT2D eigenvalue weighted by Gasteiger charge is -2.08. The fourth-order valence-corrected chi connectivity index (χ4v) is 3.76. The van der Waals surface area contributed by atoms with E-state index in [1.165, 1.54) is 11.3 Å². The van der Waals surface area contributed by atoms with Crippen LogP contribution in [0, 0.1) is 0 Å². The van der Waals surface area contributed by atoms with E-state index in [1.807, 2.05) is 17.5 Å². The number of carboxylic acid groups (broad SMARTS) is 1. The molecule has 0 aliphatic carbocycles. The third-order valence-corrected chi connectivity index (χ3v) is 4.74. The second-order valence-electron chi connectivity index (χ2n) is 4.04. The molecule has 1 unspecified atom stereocenters. The Balaban J connectivity index is 2.18. The molecule has 0 saturated heterocycles. The summed E-state index contributed by atoms with van der Waals surface area (Å²) in [5, 5.41) is 11.7. The van der Waals surface area contributed by atoms with Gasteiger partial charge in [0.2, 0.25) is 0 Å². The van der Waals surface area contributed by atoms with Gasteiger partial charge in [-0.2, -0.15) is 0 Å². The van der Waals surface area contributed by atoms with Crippen LogP contribution < -0.4 is 0 Å². The topological polar surface area (TPSA) is 59.4 Å². The molecular formula is C13H15NO3S2. The number of hydrogen-bond donors (Lipinski definition) is 1. The number of carbonyl (C=O) groups is 1. The van der Waals surface area contributed by atoms with Crippen LogP contribution in [0.4, 0.5) is 0 Å². The van der Waals surface area contributed by atoms with E-state index in [1.54, 1.807) is 18.4 Å². The minimum absolute atomic E-state index is 0.0391. The summed E-state index contributed by atoms with van der Waals surface area (Å²) in [5.41, 5.74) is 0.900. The number of hydrogen-bond acceptors (Lipinski definition) is 5. The van der Waals surface area contributed by atoms with Gasteiger partial charge in [-0.1, -0.05) is 6.92 Å². The summed E-state index contributed by atoms with van der Waals surface area (Å²) in [4.78, 5) is 17.1. The monoisotopic (exact) mass is 297 g/mol. The maximum Gasteiger partial charge on any atom is 0.308 e. The molecular weight excluding hydrogens is 282 g/mol. The predicted molar refractivity (Wildman–Crippen MR) is 76.8 cm³/mol. The van der Waals surface area contributed by atoms with Gasteiger partial charge in [0.25, 0.3) is 0 Å². The van der Waals surface area contributed by atoms with Crippen LogP contribution in [0.3, 0.4) is 0 Å². The fourth-order valence-electron chi connectivity index (χ4n) is 1.75. The van der Waals surface area contributed by atoms with Crippen LogP contribution in [-0.2, 0) is 16.0 Å². The molecule has 0 aromatic carbocycles. The van der Waals surface area contributed by atoms with Crippen molar-refractivity contribution in [2.45, 2.75) is 25.9 Å². The van der Waals surface area contributed by atoms with Crippen molar-refractivity contribution in [3.63, 3.8) is 0 Å².